The zero-order valence-corrected chi connectivity index (χ0v) is 9.83. The number of rotatable bonds is 7. The van der Waals surface area contributed by atoms with Gasteiger partial charge in [-0.2, -0.15) is 0 Å². The number of nitrogens with two attached hydrogens (primary N) is 1. The van der Waals surface area contributed by atoms with Crippen LogP contribution in [0, 0.1) is 0 Å². The lowest BCUT2D eigenvalue weighted by molar-refractivity contribution is 0.242. The Morgan fingerprint density at radius 1 is 1.13 bits per heavy atom. The molecule has 1 saturated heterocycles. The highest BCUT2D eigenvalue weighted by Crippen LogP contribution is 2.26. The van der Waals surface area contributed by atoms with Crippen LogP contribution in [-0.4, -0.2) is 55.1 Å². The Labute approximate surface area is 93.6 Å². The molecule has 1 aliphatic heterocycles. The minimum Gasteiger partial charge on any atom is -0.329 e. The van der Waals surface area contributed by atoms with Crippen molar-refractivity contribution in [3.63, 3.8) is 0 Å². The number of hydrogen-bond acceptors (Lipinski definition) is 3. The summed E-state index contributed by atoms with van der Waals surface area (Å²) in [6.45, 7) is 7.15. The lowest BCUT2D eigenvalue weighted by atomic mass is 10.3. The van der Waals surface area contributed by atoms with Crippen LogP contribution in [0.25, 0.3) is 0 Å². The first-order chi connectivity index (χ1) is 7.40. The van der Waals surface area contributed by atoms with E-state index >= 15 is 0 Å². The standard InChI is InChI=1S/C12H25N3/c13-6-11-15(12-4-5-12)10-3-9-14-7-1-2-8-14/h12H,1-11,13H2. The van der Waals surface area contributed by atoms with E-state index in [1.165, 1.54) is 58.3 Å². The second-order valence-corrected chi connectivity index (χ2v) is 4.96. The van der Waals surface area contributed by atoms with Crippen LogP contribution < -0.4 is 5.73 Å². The minimum absolute atomic E-state index is 0.820. The molecule has 0 radical (unpaired) electrons. The van der Waals surface area contributed by atoms with E-state index in [0.29, 0.717) is 0 Å². The van der Waals surface area contributed by atoms with Crippen LogP contribution in [0.2, 0.25) is 0 Å². The van der Waals surface area contributed by atoms with Crippen molar-refractivity contribution >= 4 is 0 Å². The van der Waals surface area contributed by atoms with Crippen molar-refractivity contribution < 1.29 is 0 Å². The third kappa shape index (κ3) is 3.74. The lowest BCUT2D eigenvalue weighted by Crippen LogP contribution is -2.34. The Hall–Kier alpha value is -0.120. The van der Waals surface area contributed by atoms with E-state index < -0.39 is 0 Å². The third-order valence-corrected chi connectivity index (χ3v) is 3.60. The maximum atomic E-state index is 5.64. The molecule has 0 unspecified atom stereocenters. The van der Waals surface area contributed by atoms with E-state index in [-0.39, 0.29) is 0 Å². The molecule has 0 atom stereocenters. The molecule has 88 valence electrons. The predicted molar refractivity (Wildman–Crippen MR) is 63.9 cm³/mol. The molecule has 0 spiro atoms. The molecular weight excluding hydrogens is 186 g/mol. The van der Waals surface area contributed by atoms with Crippen LogP contribution in [0.5, 0.6) is 0 Å². The molecule has 1 aliphatic carbocycles. The summed E-state index contributed by atoms with van der Waals surface area (Å²) in [4.78, 5) is 5.20. The third-order valence-electron chi connectivity index (χ3n) is 3.60. The largest absolute Gasteiger partial charge is 0.329 e. The molecular formula is C12H25N3. The quantitative estimate of drug-likeness (QED) is 0.679. The Morgan fingerprint density at radius 2 is 1.87 bits per heavy atom. The first kappa shape index (κ1) is 11.4. The maximum Gasteiger partial charge on any atom is 0.0108 e. The van der Waals surface area contributed by atoms with Crippen molar-refractivity contribution in [2.45, 2.75) is 38.1 Å². The average molecular weight is 211 g/mol. The Balaban J connectivity index is 1.57. The molecule has 0 bridgehead atoms. The van der Waals surface area contributed by atoms with Gasteiger partial charge in [0.1, 0.15) is 0 Å². The summed E-state index contributed by atoms with van der Waals surface area (Å²) < 4.78 is 0. The van der Waals surface area contributed by atoms with Crippen molar-refractivity contribution in [3.05, 3.63) is 0 Å². The molecule has 1 heterocycles. The summed E-state index contributed by atoms with van der Waals surface area (Å²) in [6, 6.07) is 0.882. The molecule has 15 heavy (non-hydrogen) atoms. The SMILES string of the molecule is NCCN(CCCN1CCCC1)C1CC1. The first-order valence-electron chi connectivity index (χ1n) is 6.56. The molecule has 2 aliphatic rings. The van der Waals surface area contributed by atoms with Crippen LogP contribution in [-0.2, 0) is 0 Å². The van der Waals surface area contributed by atoms with Crippen LogP contribution in [0.15, 0.2) is 0 Å². The number of likely N-dealkylation sites (tertiary alicyclic amines) is 1. The van der Waals surface area contributed by atoms with Crippen molar-refractivity contribution in [1.82, 2.24) is 9.80 Å². The van der Waals surface area contributed by atoms with Gasteiger partial charge in [0.2, 0.25) is 0 Å². The number of hydrogen-bond donors (Lipinski definition) is 1. The fraction of sp³-hybridized carbons (Fsp3) is 1.00. The van der Waals surface area contributed by atoms with Gasteiger partial charge in [-0.15, -0.1) is 0 Å². The highest BCUT2D eigenvalue weighted by molar-refractivity contribution is 4.84. The van der Waals surface area contributed by atoms with Crippen molar-refractivity contribution in [1.29, 1.82) is 0 Å². The van der Waals surface area contributed by atoms with E-state index in [4.69, 9.17) is 5.73 Å². The van der Waals surface area contributed by atoms with Gasteiger partial charge < -0.3 is 10.6 Å². The second-order valence-electron chi connectivity index (χ2n) is 4.96. The minimum atomic E-state index is 0.820. The van der Waals surface area contributed by atoms with Crippen molar-refractivity contribution in [2.24, 2.45) is 5.73 Å². The van der Waals surface area contributed by atoms with Gasteiger partial charge in [0.25, 0.3) is 0 Å². The molecule has 2 fully saturated rings. The molecule has 1 saturated carbocycles. The van der Waals surface area contributed by atoms with Crippen LogP contribution in [0.4, 0.5) is 0 Å². The molecule has 0 aromatic heterocycles. The van der Waals surface area contributed by atoms with Gasteiger partial charge in [0, 0.05) is 19.1 Å². The average Bonchev–Trinajstić information content (AvgIpc) is 2.96. The smallest absolute Gasteiger partial charge is 0.0108 e. The Bertz CT molecular complexity index is 174. The van der Waals surface area contributed by atoms with Gasteiger partial charge in [-0.05, 0) is 58.3 Å². The monoisotopic (exact) mass is 211 g/mol. The lowest BCUT2D eigenvalue weighted by Gasteiger charge is -2.22. The molecule has 3 nitrogen and oxygen atoms in total. The zero-order valence-electron chi connectivity index (χ0n) is 9.83. The normalized spacial score (nSPS) is 22.8. The van der Waals surface area contributed by atoms with Gasteiger partial charge >= 0.3 is 0 Å². The van der Waals surface area contributed by atoms with E-state index in [9.17, 15) is 0 Å². The summed E-state index contributed by atoms with van der Waals surface area (Å²) in [6.07, 6.45) is 6.97. The van der Waals surface area contributed by atoms with Gasteiger partial charge in [0.05, 0.1) is 0 Å². The summed E-state index contributed by atoms with van der Waals surface area (Å²) in [5, 5.41) is 0. The van der Waals surface area contributed by atoms with E-state index in [0.717, 1.165) is 19.1 Å². The van der Waals surface area contributed by atoms with E-state index in [2.05, 4.69) is 9.80 Å². The van der Waals surface area contributed by atoms with Crippen molar-refractivity contribution in [3.8, 4) is 0 Å². The van der Waals surface area contributed by atoms with Crippen molar-refractivity contribution in [2.75, 3.05) is 39.3 Å². The van der Waals surface area contributed by atoms with Gasteiger partial charge in [-0.25, -0.2) is 0 Å². The topological polar surface area (TPSA) is 32.5 Å². The summed E-state index contributed by atoms with van der Waals surface area (Å²) in [5.74, 6) is 0. The Kier molecular flexibility index (Phi) is 4.42. The summed E-state index contributed by atoms with van der Waals surface area (Å²) in [7, 11) is 0. The van der Waals surface area contributed by atoms with E-state index in [1.54, 1.807) is 0 Å². The molecule has 2 N–H and O–H groups in total. The summed E-state index contributed by atoms with van der Waals surface area (Å²) >= 11 is 0. The fourth-order valence-electron chi connectivity index (χ4n) is 2.59. The Morgan fingerprint density at radius 3 is 2.47 bits per heavy atom. The molecule has 2 rings (SSSR count). The molecule has 0 amide bonds. The highest BCUT2D eigenvalue weighted by Gasteiger charge is 2.27. The first-order valence-corrected chi connectivity index (χ1v) is 6.56. The second kappa shape index (κ2) is 5.83. The predicted octanol–water partition coefficient (Wildman–Crippen LogP) is 0.895. The van der Waals surface area contributed by atoms with Crippen LogP contribution in [0.1, 0.15) is 32.1 Å². The number of nitrogens with zero attached hydrogens (tertiary/aromatic N) is 2. The van der Waals surface area contributed by atoms with Gasteiger partial charge in [-0.3, -0.25) is 4.90 Å². The van der Waals surface area contributed by atoms with E-state index in [1.807, 2.05) is 0 Å². The molecule has 3 heteroatoms. The van der Waals surface area contributed by atoms with Crippen LogP contribution in [0.3, 0.4) is 0 Å². The fourth-order valence-corrected chi connectivity index (χ4v) is 2.59. The van der Waals surface area contributed by atoms with Gasteiger partial charge in [-0.1, -0.05) is 0 Å². The zero-order chi connectivity index (χ0) is 10.5. The molecule has 0 aromatic rings. The van der Waals surface area contributed by atoms with Crippen LogP contribution >= 0.6 is 0 Å². The van der Waals surface area contributed by atoms with Gasteiger partial charge in [0.15, 0.2) is 0 Å². The highest BCUT2D eigenvalue weighted by atomic mass is 15.2. The maximum absolute atomic E-state index is 5.64. The summed E-state index contributed by atoms with van der Waals surface area (Å²) in [5.41, 5.74) is 5.64. The molecule has 0 aromatic carbocycles.